The molecule has 0 saturated heterocycles. The van der Waals surface area contributed by atoms with Crippen molar-refractivity contribution < 1.29 is 0 Å². The maximum Gasteiger partial charge on any atom is 0.0413 e. The molecule has 0 aromatic carbocycles. The van der Waals surface area contributed by atoms with Gasteiger partial charge in [0.15, 0.2) is 0 Å². The van der Waals surface area contributed by atoms with Crippen LogP contribution in [0.1, 0.15) is 31.4 Å². The van der Waals surface area contributed by atoms with Crippen molar-refractivity contribution in [2.24, 2.45) is 17.3 Å². The number of pyridine rings is 1. The Morgan fingerprint density at radius 2 is 2.33 bits per heavy atom. The van der Waals surface area contributed by atoms with Crippen LogP contribution in [0.3, 0.4) is 0 Å². The van der Waals surface area contributed by atoms with E-state index in [0.29, 0.717) is 5.41 Å². The molecule has 0 amide bonds. The lowest BCUT2D eigenvalue weighted by atomic mass is 9.70. The molecule has 98 valence electrons. The Labute approximate surface area is 118 Å². The van der Waals surface area contributed by atoms with Gasteiger partial charge in [0.05, 0.1) is 0 Å². The van der Waals surface area contributed by atoms with E-state index in [0.717, 1.165) is 29.3 Å². The van der Waals surface area contributed by atoms with Crippen LogP contribution in [0.25, 0.3) is 0 Å². The van der Waals surface area contributed by atoms with Crippen LogP contribution >= 0.6 is 15.9 Å². The van der Waals surface area contributed by atoms with E-state index in [-0.39, 0.29) is 0 Å². The lowest BCUT2D eigenvalue weighted by molar-refractivity contribution is 0.158. The molecule has 1 aromatic heterocycles. The first-order valence-electron chi connectivity index (χ1n) is 6.97. The Hall–Kier alpha value is -0.410. The fourth-order valence-electron chi connectivity index (χ4n) is 4.28. The summed E-state index contributed by atoms with van der Waals surface area (Å²) in [6, 6.07) is 4.29. The summed E-state index contributed by atoms with van der Waals surface area (Å²) in [7, 11) is 2.09. The van der Waals surface area contributed by atoms with Crippen LogP contribution in [-0.2, 0) is 6.42 Å². The van der Waals surface area contributed by atoms with Crippen molar-refractivity contribution >= 4 is 15.9 Å². The van der Waals surface area contributed by atoms with Crippen molar-refractivity contribution in [1.29, 1.82) is 0 Å². The minimum absolute atomic E-state index is 0.471. The third-order valence-corrected chi connectivity index (χ3v) is 5.42. The van der Waals surface area contributed by atoms with Gasteiger partial charge in [0.25, 0.3) is 0 Å². The molecule has 18 heavy (non-hydrogen) atoms. The summed E-state index contributed by atoms with van der Waals surface area (Å²) >= 11 is 3.46. The quantitative estimate of drug-likeness (QED) is 0.922. The van der Waals surface area contributed by atoms with Crippen LogP contribution in [0, 0.1) is 17.3 Å². The average molecular weight is 309 g/mol. The zero-order valence-corrected chi connectivity index (χ0v) is 12.5. The van der Waals surface area contributed by atoms with Gasteiger partial charge >= 0.3 is 0 Å². The summed E-state index contributed by atoms with van der Waals surface area (Å²) in [4.78, 5) is 4.58. The third kappa shape index (κ3) is 2.23. The Kier molecular flexibility index (Phi) is 3.46. The first kappa shape index (κ1) is 12.6. The topological polar surface area (TPSA) is 24.9 Å². The van der Waals surface area contributed by atoms with Crippen LogP contribution in [-0.4, -0.2) is 18.6 Å². The van der Waals surface area contributed by atoms with Gasteiger partial charge in [-0.2, -0.15) is 0 Å². The molecule has 2 fully saturated rings. The van der Waals surface area contributed by atoms with Crippen molar-refractivity contribution in [2.45, 2.75) is 32.1 Å². The van der Waals surface area contributed by atoms with Crippen LogP contribution < -0.4 is 5.32 Å². The predicted molar refractivity (Wildman–Crippen MR) is 77.4 cm³/mol. The summed E-state index contributed by atoms with van der Waals surface area (Å²) in [5, 5.41) is 3.43. The summed E-state index contributed by atoms with van der Waals surface area (Å²) in [5.41, 5.74) is 1.72. The smallest absolute Gasteiger partial charge is 0.0413 e. The highest BCUT2D eigenvalue weighted by Crippen LogP contribution is 2.56. The molecule has 1 aromatic rings. The van der Waals surface area contributed by atoms with Gasteiger partial charge in [-0.3, -0.25) is 4.98 Å². The second-order valence-electron chi connectivity index (χ2n) is 6.12. The second kappa shape index (κ2) is 4.93. The highest BCUT2D eigenvalue weighted by molar-refractivity contribution is 9.10. The normalized spacial score (nSPS) is 34.1. The van der Waals surface area contributed by atoms with Crippen LogP contribution in [0.15, 0.2) is 22.8 Å². The van der Waals surface area contributed by atoms with Gasteiger partial charge < -0.3 is 5.32 Å². The number of nitrogens with zero attached hydrogens (tertiary/aromatic N) is 1. The maximum atomic E-state index is 4.58. The molecule has 3 rings (SSSR count). The number of hydrogen-bond acceptors (Lipinski definition) is 2. The molecule has 0 radical (unpaired) electrons. The number of aromatic nitrogens is 1. The van der Waals surface area contributed by atoms with Gasteiger partial charge in [0, 0.05) is 22.9 Å². The Bertz CT molecular complexity index is 417. The third-order valence-electron chi connectivity index (χ3n) is 4.95. The van der Waals surface area contributed by atoms with Crippen molar-refractivity contribution in [1.82, 2.24) is 10.3 Å². The van der Waals surface area contributed by atoms with Crippen molar-refractivity contribution in [2.75, 3.05) is 13.6 Å². The fraction of sp³-hybridized carbons (Fsp3) is 0.667. The van der Waals surface area contributed by atoms with Gasteiger partial charge in [-0.05, 0) is 78.0 Å². The summed E-state index contributed by atoms with van der Waals surface area (Å²) in [6.07, 6.45) is 8.82. The number of nitrogens with one attached hydrogen (secondary N) is 1. The number of halogens is 1. The first-order chi connectivity index (χ1) is 8.72. The van der Waals surface area contributed by atoms with Crippen LogP contribution in [0.5, 0.6) is 0 Å². The highest BCUT2D eigenvalue weighted by atomic mass is 79.9. The zero-order chi connectivity index (χ0) is 12.6. The first-order valence-corrected chi connectivity index (χ1v) is 7.76. The Balaban J connectivity index is 1.80. The monoisotopic (exact) mass is 308 g/mol. The molecule has 3 atom stereocenters. The fourth-order valence-corrected chi connectivity index (χ4v) is 4.51. The minimum atomic E-state index is 0.471. The summed E-state index contributed by atoms with van der Waals surface area (Å²) < 4.78 is 1.07. The summed E-state index contributed by atoms with van der Waals surface area (Å²) in [6.45, 7) is 1.14. The van der Waals surface area contributed by atoms with E-state index in [9.17, 15) is 0 Å². The van der Waals surface area contributed by atoms with Gasteiger partial charge in [0.1, 0.15) is 0 Å². The zero-order valence-electron chi connectivity index (χ0n) is 11.0. The van der Waals surface area contributed by atoms with E-state index in [2.05, 4.69) is 45.4 Å². The SMILES string of the molecule is CNCC1(Cc2ccc(Br)cn2)CC2CCC1C2. The lowest BCUT2D eigenvalue weighted by Crippen LogP contribution is -2.39. The van der Waals surface area contributed by atoms with E-state index in [4.69, 9.17) is 0 Å². The molecule has 0 aliphatic heterocycles. The molecular formula is C15H21BrN2. The number of rotatable bonds is 4. The van der Waals surface area contributed by atoms with Gasteiger partial charge in [-0.15, -0.1) is 0 Å². The van der Waals surface area contributed by atoms with Crippen molar-refractivity contribution in [3.8, 4) is 0 Å². The van der Waals surface area contributed by atoms with E-state index in [1.54, 1.807) is 0 Å². The molecule has 2 aliphatic carbocycles. The number of hydrogen-bond donors (Lipinski definition) is 1. The molecule has 0 spiro atoms. The Morgan fingerprint density at radius 3 is 2.89 bits per heavy atom. The Morgan fingerprint density at radius 1 is 1.44 bits per heavy atom. The lowest BCUT2D eigenvalue weighted by Gasteiger charge is -2.37. The van der Waals surface area contributed by atoms with E-state index < -0.39 is 0 Å². The molecule has 1 heterocycles. The average Bonchev–Trinajstić information content (AvgIpc) is 2.93. The van der Waals surface area contributed by atoms with Crippen LogP contribution in [0.2, 0.25) is 0 Å². The van der Waals surface area contributed by atoms with Gasteiger partial charge in [-0.1, -0.05) is 6.42 Å². The molecule has 3 heteroatoms. The van der Waals surface area contributed by atoms with Gasteiger partial charge in [0.2, 0.25) is 0 Å². The molecule has 2 bridgehead atoms. The molecular weight excluding hydrogens is 288 g/mol. The van der Waals surface area contributed by atoms with E-state index in [1.807, 2.05) is 6.20 Å². The highest BCUT2D eigenvalue weighted by Gasteiger charge is 2.50. The molecule has 2 saturated carbocycles. The predicted octanol–water partition coefficient (Wildman–Crippen LogP) is 3.41. The summed E-state index contributed by atoms with van der Waals surface area (Å²) in [5.74, 6) is 1.90. The van der Waals surface area contributed by atoms with Crippen molar-refractivity contribution in [3.63, 3.8) is 0 Å². The van der Waals surface area contributed by atoms with Crippen LogP contribution in [0.4, 0.5) is 0 Å². The maximum absolute atomic E-state index is 4.58. The van der Waals surface area contributed by atoms with Crippen molar-refractivity contribution in [3.05, 3.63) is 28.5 Å². The van der Waals surface area contributed by atoms with Gasteiger partial charge in [-0.25, -0.2) is 0 Å². The number of fused-ring (bicyclic) bond motifs is 2. The minimum Gasteiger partial charge on any atom is -0.319 e. The largest absolute Gasteiger partial charge is 0.319 e. The van der Waals surface area contributed by atoms with E-state index >= 15 is 0 Å². The second-order valence-corrected chi connectivity index (χ2v) is 7.03. The molecule has 1 N–H and O–H groups in total. The molecule has 2 aliphatic rings. The standard InChI is InChI=1S/C15H21BrN2/c1-17-10-15(7-11-2-3-12(15)6-11)8-14-5-4-13(16)9-18-14/h4-5,9,11-12,17H,2-3,6-8,10H2,1H3. The molecule has 3 unspecified atom stereocenters. The molecule has 2 nitrogen and oxygen atoms in total. The van der Waals surface area contributed by atoms with E-state index in [1.165, 1.54) is 31.4 Å².